The van der Waals surface area contributed by atoms with E-state index in [0.29, 0.717) is 42.4 Å². The number of fused-ring (bicyclic) bond motifs is 1. The lowest BCUT2D eigenvalue weighted by Gasteiger charge is -2.28. The van der Waals surface area contributed by atoms with E-state index in [1.165, 1.54) is 6.26 Å². The van der Waals surface area contributed by atoms with Gasteiger partial charge in [-0.05, 0) is 31.1 Å². The molecule has 0 saturated carbocycles. The number of carbonyl (C=O) groups excluding carboxylic acids is 1. The lowest BCUT2D eigenvalue weighted by atomic mass is 9.93. The van der Waals surface area contributed by atoms with Crippen molar-refractivity contribution in [3.8, 4) is 12.3 Å². The number of amides is 1. The van der Waals surface area contributed by atoms with Crippen LogP contribution in [0.4, 0.5) is 0 Å². The van der Waals surface area contributed by atoms with E-state index in [4.69, 9.17) is 25.4 Å². The molecule has 0 fully saturated rings. The second-order valence-electron chi connectivity index (χ2n) is 6.63. The molecule has 0 radical (unpaired) electrons. The van der Waals surface area contributed by atoms with Gasteiger partial charge in [-0.2, -0.15) is 0 Å². The van der Waals surface area contributed by atoms with Gasteiger partial charge in [0.25, 0.3) is 5.91 Å². The zero-order valence-corrected chi connectivity index (χ0v) is 15.9. The molecule has 0 spiro atoms. The van der Waals surface area contributed by atoms with Crippen molar-refractivity contribution in [1.82, 2.24) is 5.32 Å². The fourth-order valence-electron chi connectivity index (χ4n) is 3.13. The first-order valence-electron chi connectivity index (χ1n) is 9.47. The second kappa shape index (κ2) is 9.92. The predicted octanol–water partition coefficient (Wildman–Crippen LogP) is 2.05. The molecule has 1 aliphatic heterocycles. The summed E-state index contributed by atoms with van der Waals surface area (Å²) in [6.45, 7) is 0.503. The van der Waals surface area contributed by atoms with Gasteiger partial charge in [0, 0.05) is 24.5 Å². The Morgan fingerprint density at radius 3 is 2.97 bits per heavy atom. The third-order valence-corrected chi connectivity index (χ3v) is 4.59. The van der Waals surface area contributed by atoms with Gasteiger partial charge < -0.3 is 24.3 Å². The smallest absolute Gasteiger partial charge is 0.286 e. The van der Waals surface area contributed by atoms with Gasteiger partial charge in [-0.3, -0.25) is 9.59 Å². The summed E-state index contributed by atoms with van der Waals surface area (Å²) in [5.41, 5.74) is 0.775. The Morgan fingerprint density at radius 1 is 1.34 bits per heavy atom. The Balaban J connectivity index is 1.88. The highest BCUT2D eigenvalue weighted by Crippen LogP contribution is 2.31. The highest BCUT2D eigenvalue weighted by Gasteiger charge is 2.30. The van der Waals surface area contributed by atoms with Gasteiger partial charge in [-0.1, -0.05) is 18.1 Å². The summed E-state index contributed by atoms with van der Waals surface area (Å²) in [6, 6.07) is 7.00. The van der Waals surface area contributed by atoms with E-state index < -0.39 is 18.1 Å². The van der Waals surface area contributed by atoms with Gasteiger partial charge in [0.15, 0.2) is 11.2 Å². The van der Waals surface area contributed by atoms with Crippen molar-refractivity contribution in [1.29, 1.82) is 0 Å². The first kappa shape index (κ1) is 20.6. The van der Waals surface area contributed by atoms with E-state index in [-0.39, 0.29) is 24.3 Å². The predicted molar refractivity (Wildman–Crippen MR) is 107 cm³/mol. The highest BCUT2D eigenvalue weighted by molar-refractivity contribution is 5.92. The van der Waals surface area contributed by atoms with Gasteiger partial charge in [-0.15, -0.1) is 6.42 Å². The first-order chi connectivity index (χ1) is 14.1. The Morgan fingerprint density at radius 2 is 2.17 bits per heavy atom. The summed E-state index contributed by atoms with van der Waals surface area (Å²) in [4.78, 5) is 25.3. The Hall–Kier alpha value is -3.08. The highest BCUT2D eigenvalue weighted by atomic mass is 16.7. The maximum atomic E-state index is 13.0. The Labute approximate surface area is 168 Å². The Bertz CT molecular complexity index is 987. The molecule has 152 valence electrons. The van der Waals surface area contributed by atoms with E-state index >= 15 is 0 Å². The quantitative estimate of drug-likeness (QED) is 0.523. The summed E-state index contributed by atoms with van der Waals surface area (Å²) in [7, 11) is 0. The van der Waals surface area contributed by atoms with Crippen LogP contribution in [0.3, 0.4) is 0 Å². The molecule has 7 heteroatoms. The average molecular weight is 397 g/mol. The number of aliphatic hydroxyl groups excluding tert-OH is 1. The molecule has 1 aromatic heterocycles. The van der Waals surface area contributed by atoms with Crippen LogP contribution in [0, 0.1) is 12.3 Å². The average Bonchev–Trinajstić information content (AvgIpc) is 2.75. The number of unbranched alkanes of at least 4 members (excludes halogenated alkanes) is 1. The summed E-state index contributed by atoms with van der Waals surface area (Å²) in [5, 5.41) is 11.9. The van der Waals surface area contributed by atoms with Gasteiger partial charge in [-0.25, -0.2) is 0 Å². The van der Waals surface area contributed by atoms with Crippen LogP contribution < -0.4 is 10.7 Å². The second-order valence-corrected chi connectivity index (χ2v) is 6.63. The molecular weight excluding hydrogens is 374 g/mol. The lowest BCUT2D eigenvalue weighted by molar-refractivity contribution is -0.146. The van der Waals surface area contributed by atoms with Crippen LogP contribution in [-0.2, 0) is 14.3 Å². The molecule has 2 N–H and O–H groups in total. The molecule has 0 bridgehead atoms. The number of nitrogens with one attached hydrogen (secondary N) is 1. The molecule has 1 aromatic carbocycles. The van der Waals surface area contributed by atoms with Crippen molar-refractivity contribution in [3.05, 3.63) is 58.2 Å². The fourth-order valence-corrected chi connectivity index (χ4v) is 3.13. The number of hydrogen-bond acceptors (Lipinski definition) is 6. The molecule has 2 heterocycles. The molecule has 29 heavy (non-hydrogen) atoms. The number of terminal acetylenes is 1. The van der Waals surface area contributed by atoms with E-state index in [9.17, 15) is 9.59 Å². The molecular formula is C22H23NO6. The minimum atomic E-state index is -0.707. The molecule has 1 aliphatic rings. The third kappa shape index (κ3) is 5.05. The van der Waals surface area contributed by atoms with Crippen LogP contribution in [0.2, 0.25) is 0 Å². The summed E-state index contributed by atoms with van der Waals surface area (Å²) >= 11 is 0. The van der Waals surface area contributed by atoms with E-state index in [2.05, 4.69) is 11.2 Å². The van der Waals surface area contributed by atoms with Crippen LogP contribution in [0.5, 0.6) is 0 Å². The number of hydrogen-bond donors (Lipinski definition) is 2. The van der Waals surface area contributed by atoms with E-state index in [0.717, 1.165) is 0 Å². The maximum Gasteiger partial charge on any atom is 0.286 e. The SMILES string of the molecule is C#CCNC(=O)C1=C[C@@H](c2coc3ccccc3c2=O)C[C@@H](OCCCCO)O1. The Kier molecular flexibility index (Phi) is 7.06. The largest absolute Gasteiger partial charge is 0.464 e. The molecule has 0 unspecified atom stereocenters. The van der Waals surface area contributed by atoms with Gasteiger partial charge in [0.1, 0.15) is 5.58 Å². The molecule has 0 saturated heterocycles. The minimum absolute atomic E-state index is 0.0521. The number of aliphatic hydroxyl groups is 1. The topological polar surface area (TPSA) is 98.0 Å². The minimum Gasteiger partial charge on any atom is -0.464 e. The van der Waals surface area contributed by atoms with Crippen molar-refractivity contribution < 1.29 is 23.8 Å². The lowest BCUT2D eigenvalue weighted by Crippen LogP contribution is -2.34. The van der Waals surface area contributed by atoms with Crippen LogP contribution >= 0.6 is 0 Å². The number of benzene rings is 1. The fraction of sp³-hybridized carbons (Fsp3) is 0.364. The van der Waals surface area contributed by atoms with Crippen molar-refractivity contribution >= 4 is 16.9 Å². The van der Waals surface area contributed by atoms with Gasteiger partial charge in [0.05, 0.1) is 24.8 Å². The normalized spacial score (nSPS) is 18.6. The zero-order valence-electron chi connectivity index (χ0n) is 15.9. The molecule has 3 rings (SSSR count). The molecule has 1 amide bonds. The van der Waals surface area contributed by atoms with Crippen molar-refractivity contribution in [2.75, 3.05) is 19.8 Å². The molecule has 7 nitrogen and oxygen atoms in total. The van der Waals surface area contributed by atoms with Crippen LogP contribution in [0.15, 0.2) is 51.6 Å². The number of ether oxygens (including phenoxy) is 2. The summed E-state index contributed by atoms with van der Waals surface area (Å²) < 4.78 is 17.0. The van der Waals surface area contributed by atoms with Crippen LogP contribution in [0.25, 0.3) is 11.0 Å². The van der Waals surface area contributed by atoms with Crippen molar-refractivity contribution in [2.45, 2.75) is 31.5 Å². The number of rotatable bonds is 8. The number of allylic oxidation sites excluding steroid dienone is 1. The monoisotopic (exact) mass is 397 g/mol. The van der Waals surface area contributed by atoms with Crippen molar-refractivity contribution in [3.63, 3.8) is 0 Å². The van der Waals surface area contributed by atoms with Gasteiger partial charge >= 0.3 is 0 Å². The van der Waals surface area contributed by atoms with Crippen LogP contribution in [0.1, 0.15) is 30.7 Å². The van der Waals surface area contributed by atoms with Gasteiger partial charge in [0.2, 0.25) is 6.29 Å². The van der Waals surface area contributed by atoms with E-state index in [1.807, 2.05) is 0 Å². The van der Waals surface area contributed by atoms with E-state index in [1.54, 1.807) is 30.3 Å². The maximum absolute atomic E-state index is 13.0. The number of para-hydroxylation sites is 1. The molecule has 2 aromatic rings. The summed E-state index contributed by atoms with van der Waals surface area (Å²) in [6.07, 6.45) is 9.13. The number of carbonyl (C=O) groups is 1. The zero-order chi connectivity index (χ0) is 20.6. The van der Waals surface area contributed by atoms with Crippen molar-refractivity contribution in [2.24, 2.45) is 0 Å². The third-order valence-electron chi connectivity index (χ3n) is 4.59. The standard InChI is InChI=1S/C22H23NO6/c1-2-9-23-22(26)19-12-15(13-20(29-19)27-11-6-5-10-24)17-14-28-18-8-4-3-7-16(18)21(17)25/h1,3-4,7-8,12,14-15,20,24H,5-6,9-11,13H2,(H,23,26)/t15-,20+/m1/s1. The van der Waals surface area contributed by atoms with Crippen LogP contribution in [-0.4, -0.2) is 37.1 Å². The molecule has 2 atom stereocenters. The summed E-state index contributed by atoms with van der Waals surface area (Å²) in [5.74, 6) is 1.50. The molecule has 0 aliphatic carbocycles. The first-order valence-corrected chi connectivity index (χ1v) is 9.47.